The molecule has 2 aromatic heterocycles. The van der Waals surface area contributed by atoms with Gasteiger partial charge in [-0.2, -0.15) is 0 Å². The summed E-state index contributed by atoms with van der Waals surface area (Å²) in [5, 5.41) is 0.338. The van der Waals surface area contributed by atoms with Crippen molar-refractivity contribution in [3.05, 3.63) is 59.9 Å². The molecule has 0 saturated carbocycles. The van der Waals surface area contributed by atoms with E-state index in [2.05, 4.69) is 32.8 Å². The summed E-state index contributed by atoms with van der Waals surface area (Å²) < 4.78 is 9.09. The number of halogens is 2. The maximum atomic E-state index is 13.2. The molecule has 0 fully saturated rings. The Bertz CT molecular complexity index is 1310. The van der Waals surface area contributed by atoms with Gasteiger partial charge >= 0.3 is 11.7 Å². The third-order valence-corrected chi connectivity index (χ3v) is 5.25. The lowest BCUT2D eigenvalue weighted by atomic mass is 10.1. The highest BCUT2D eigenvalue weighted by Crippen LogP contribution is 2.19. The number of hydrogen-bond acceptors (Lipinski definition) is 5. The average Bonchev–Trinajstić information content (AvgIpc) is 3.04. The van der Waals surface area contributed by atoms with Crippen LogP contribution < -0.4 is 11.2 Å². The summed E-state index contributed by atoms with van der Waals surface area (Å²) in [4.78, 5) is 42.4. The molecule has 29 heavy (non-hydrogen) atoms. The summed E-state index contributed by atoms with van der Waals surface area (Å²) in [6, 6.07) is 4.60. The zero-order valence-corrected chi connectivity index (χ0v) is 18.2. The van der Waals surface area contributed by atoms with Crippen LogP contribution in [0.4, 0.5) is 0 Å². The number of hydrogen-bond donors (Lipinski definition) is 0. The number of nitrogens with zero attached hydrogens (tertiary/aromatic N) is 4. The van der Waals surface area contributed by atoms with Crippen LogP contribution in [0.3, 0.4) is 0 Å². The smallest absolute Gasteiger partial charge is 0.338 e. The maximum Gasteiger partial charge on any atom is 0.338 e. The first-order valence-electron chi connectivity index (χ1n) is 8.42. The van der Waals surface area contributed by atoms with Crippen LogP contribution in [0.25, 0.3) is 11.2 Å². The van der Waals surface area contributed by atoms with E-state index in [1.165, 1.54) is 24.8 Å². The van der Waals surface area contributed by atoms with Gasteiger partial charge in [0.05, 0.1) is 25.8 Å². The number of imidazole rings is 1. The fourth-order valence-electron chi connectivity index (χ4n) is 2.94. The number of rotatable bonds is 4. The van der Waals surface area contributed by atoms with Crippen LogP contribution in [0.1, 0.15) is 22.8 Å². The van der Waals surface area contributed by atoms with E-state index < -0.39 is 17.2 Å². The number of methoxy groups -OCH3 is 1. The lowest BCUT2D eigenvalue weighted by Crippen LogP contribution is -2.40. The highest BCUT2D eigenvalue weighted by Gasteiger charge is 2.21. The molecule has 0 saturated heterocycles. The zero-order valence-electron chi connectivity index (χ0n) is 15.8. The number of aryl methyl sites for hydroxylation is 1. The van der Waals surface area contributed by atoms with Gasteiger partial charge in [0.25, 0.3) is 5.56 Å². The molecule has 2 heterocycles. The Morgan fingerprint density at radius 2 is 2.03 bits per heavy atom. The van der Waals surface area contributed by atoms with Gasteiger partial charge in [-0.15, -0.1) is 5.92 Å². The minimum absolute atomic E-state index is 0.134. The van der Waals surface area contributed by atoms with E-state index in [1.54, 1.807) is 23.6 Å². The van der Waals surface area contributed by atoms with E-state index in [9.17, 15) is 14.4 Å². The van der Waals surface area contributed by atoms with Gasteiger partial charge in [-0.1, -0.05) is 23.6 Å². The molecule has 3 rings (SSSR count). The summed E-state index contributed by atoms with van der Waals surface area (Å²) in [7, 11) is 2.77. The van der Waals surface area contributed by atoms with Crippen molar-refractivity contribution >= 4 is 44.7 Å². The molecule has 0 amide bonds. The highest BCUT2D eigenvalue weighted by molar-refractivity contribution is 9.10. The SMILES string of the molecule is CC#CCn1c(Br)nc2c1c(=O)n(Cc1ccc(Cl)cc1C(=O)OC)c(=O)n2C. The van der Waals surface area contributed by atoms with Crippen LogP contribution >= 0.6 is 27.5 Å². The van der Waals surface area contributed by atoms with Gasteiger partial charge in [0.1, 0.15) is 0 Å². The molecule has 0 aliphatic heterocycles. The molecule has 0 aliphatic rings. The van der Waals surface area contributed by atoms with Crippen molar-refractivity contribution in [2.45, 2.75) is 20.0 Å². The molecular formula is C19H16BrClN4O4. The Hall–Kier alpha value is -2.83. The van der Waals surface area contributed by atoms with Gasteiger partial charge in [0, 0.05) is 12.1 Å². The van der Waals surface area contributed by atoms with Crippen LogP contribution in [0, 0.1) is 11.8 Å². The Kier molecular flexibility index (Phi) is 5.96. The first kappa shape index (κ1) is 20.9. The predicted molar refractivity (Wildman–Crippen MR) is 112 cm³/mol. The lowest BCUT2D eigenvalue weighted by molar-refractivity contribution is 0.0599. The molecule has 0 unspecified atom stereocenters. The van der Waals surface area contributed by atoms with Crippen LogP contribution in [0.2, 0.25) is 5.02 Å². The third kappa shape index (κ3) is 3.73. The fraction of sp³-hybridized carbons (Fsp3) is 0.263. The molecule has 0 atom stereocenters. The number of aromatic nitrogens is 4. The maximum absolute atomic E-state index is 13.2. The molecule has 3 aromatic rings. The summed E-state index contributed by atoms with van der Waals surface area (Å²) in [6.07, 6.45) is 0. The minimum Gasteiger partial charge on any atom is -0.465 e. The molecule has 150 valence electrons. The second-order valence-electron chi connectivity index (χ2n) is 6.09. The lowest BCUT2D eigenvalue weighted by Gasteiger charge is -2.12. The number of esters is 1. The van der Waals surface area contributed by atoms with Crippen LogP contribution in [0.5, 0.6) is 0 Å². The molecule has 0 N–H and O–H groups in total. The molecule has 0 spiro atoms. The molecule has 1 aromatic carbocycles. The molecule has 0 aliphatic carbocycles. The summed E-state index contributed by atoms with van der Waals surface area (Å²) in [6.45, 7) is 1.79. The van der Waals surface area contributed by atoms with Gasteiger partial charge in [-0.25, -0.2) is 14.6 Å². The van der Waals surface area contributed by atoms with Gasteiger partial charge in [-0.3, -0.25) is 13.9 Å². The molecular weight excluding hydrogens is 464 g/mol. The van der Waals surface area contributed by atoms with E-state index in [0.717, 1.165) is 4.57 Å². The molecule has 0 radical (unpaired) electrons. The summed E-state index contributed by atoms with van der Waals surface area (Å²) in [5.74, 6) is 5.04. The van der Waals surface area contributed by atoms with Crippen LogP contribution in [0.15, 0.2) is 32.5 Å². The topological polar surface area (TPSA) is 88.1 Å². The Balaban J connectivity index is 2.26. The highest BCUT2D eigenvalue weighted by atomic mass is 79.9. The Labute approximate surface area is 178 Å². The Morgan fingerprint density at radius 3 is 2.69 bits per heavy atom. The van der Waals surface area contributed by atoms with Gasteiger partial charge in [-0.05, 0) is 40.5 Å². The molecule has 8 nitrogen and oxygen atoms in total. The molecule has 10 heteroatoms. The van der Waals surface area contributed by atoms with E-state index in [4.69, 9.17) is 16.3 Å². The van der Waals surface area contributed by atoms with Crippen molar-refractivity contribution in [1.29, 1.82) is 0 Å². The van der Waals surface area contributed by atoms with E-state index in [0.29, 0.717) is 15.3 Å². The minimum atomic E-state index is -0.612. The van der Waals surface area contributed by atoms with Crippen molar-refractivity contribution in [2.24, 2.45) is 7.05 Å². The normalized spacial score (nSPS) is 10.7. The van der Waals surface area contributed by atoms with Gasteiger partial charge in [0.15, 0.2) is 15.9 Å². The van der Waals surface area contributed by atoms with Crippen LogP contribution in [-0.2, 0) is 24.9 Å². The average molecular weight is 480 g/mol. The number of fused-ring (bicyclic) bond motifs is 1. The van der Waals surface area contributed by atoms with Crippen LogP contribution in [-0.4, -0.2) is 31.8 Å². The standard InChI is InChI=1S/C19H16BrClN4O4/c1-4-5-8-24-14-15(22-18(24)20)23(2)19(28)25(16(14)26)10-11-6-7-12(21)9-13(11)17(27)29-3/h6-7,9H,8,10H2,1-3H3. The third-order valence-electron chi connectivity index (χ3n) is 4.41. The number of carbonyl (C=O) groups excluding carboxylic acids is 1. The predicted octanol–water partition coefficient (Wildman–Crippen LogP) is 2.17. The van der Waals surface area contributed by atoms with Crippen molar-refractivity contribution in [2.75, 3.05) is 7.11 Å². The second-order valence-corrected chi connectivity index (χ2v) is 7.24. The van der Waals surface area contributed by atoms with Crippen molar-refractivity contribution in [1.82, 2.24) is 18.7 Å². The van der Waals surface area contributed by atoms with Crippen molar-refractivity contribution in [3.8, 4) is 11.8 Å². The van der Waals surface area contributed by atoms with E-state index in [1.807, 2.05) is 0 Å². The zero-order chi connectivity index (χ0) is 21.3. The first-order chi connectivity index (χ1) is 13.8. The summed E-state index contributed by atoms with van der Waals surface area (Å²) >= 11 is 9.30. The monoisotopic (exact) mass is 478 g/mol. The number of ether oxygens (including phenoxy) is 1. The fourth-order valence-corrected chi connectivity index (χ4v) is 3.59. The quantitative estimate of drug-likeness (QED) is 0.325. The van der Waals surface area contributed by atoms with Crippen molar-refractivity contribution < 1.29 is 9.53 Å². The largest absolute Gasteiger partial charge is 0.465 e. The summed E-state index contributed by atoms with van der Waals surface area (Å²) in [5.41, 5.74) is -0.0172. The van der Waals surface area contributed by atoms with Crippen molar-refractivity contribution in [3.63, 3.8) is 0 Å². The second kappa shape index (κ2) is 8.27. The Morgan fingerprint density at radius 1 is 1.31 bits per heavy atom. The first-order valence-corrected chi connectivity index (χ1v) is 9.59. The van der Waals surface area contributed by atoms with Gasteiger partial charge in [0.2, 0.25) is 0 Å². The van der Waals surface area contributed by atoms with E-state index >= 15 is 0 Å². The number of carbonyl (C=O) groups is 1. The van der Waals surface area contributed by atoms with E-state index in [-0.39, 0.29) is 29.8 Å². The molecule has 0 bridgehead atoms. The number of benzene rings is 1. The van der Waals surface area contributed by atoms with Gasteiger partial charge < -0.3 is 9.30 Å².